The highest BCUT2D eigenvalue weighted by Gasteiger charge is 2.22. The molecule has 2 nitrogen and oxygen atoms in total. The van der Waals surface area contributed by atoms with Gasteiger partial charge >= 0.3 is 0 Å². The molecule has 0 bridgehead atoms. The van der Waals surface area contributed by atoms with Crippen molar-refractivity contribution < 1.29 is 14.0 Å². The highest BCUT2D eigenvalue weighted by molar-refractivity contribution is 6.19. The highest BCUT2D eigenvalue weighted by atomic mass is 16.3. The number of nitrogens with zero attached hydrogens (tertiary/aromatic N) is 1. The molecule has 58 heavy (non-hydrogen) atoms. The van der Waals surface area contributed by atoms with Gasteiger partial charge in [-0.05, 0) is 103 Å². The minimum atomic E-state index is -0.449. The first-order valence-corrected chi connectivity index (χ1v) is 19.3. The lowest BCUT2D eigenvalue weighted by Crippen LogP contribution is -2.12. The second-order valence-electron chi connectivity index (χ2n) is 14.3. The fourth-order valence-electron chi connectivity index (χ4n) is 8.21. The molecule has 0 saturated carbocycles. The van der Waals surface area contributed by atoms with Crippen LogP contribution in [0.25, 0.3) is 88.0 Å². The zero-order chi connectivity index (χ0) is 44.5. The van der Waals surface area contributed by atoms with E-state index in [0.29, 0.717) is 16.3 Å². The van der Waals surface area contributed by atoms with Gasteiger partial charge in [0.25, 0.3) is 0 Å². The van der Waals surface area contributed by atoms with E-state index < -0.39 is 12.1 Å². The lowest BCUT2D eigenvalue weighted by Gasteiger charge is -2.30. The molecule has 11 aromatic rings. The SMILES string of the molecule is [2H]c1c([2H])c([2H])c2c(oc3c([2H])c([2H])c4cc(-c5ccc(N(c6ccc(-c7cccc8ccccc78)cc6)c6ccccc6-c6ccccc6)c(-c6ccccc6)c5)cc([2H])c4c32)c1[2H]. The summed E-state index contributed by atoms with van der Waals surface area (Å²) in [6, 6.07) is 60.3. The number of anilines is 3. The summed E-state index contributed by atoms with van der Waals surface area (Å²) < 4.78 is 67.4. The second kappa shape index (κ2) is 14.1. The molecule has 10 aromatic carbocycles. The first-order chi connectivity index (χ1) is 31.7. The predicted octanol–water partition coefficient (Wildman–Crippen LogP) is 16.0. The quantitative estimate of drug-likeness (QED) is 0.161. The maximum Gasteiger partial charge on any atom is 0.136 e. The molecule has 1 aromatic heterocycles. The van der Waals surface area contributed by atoms with Gasteiger partial charge in [0.1, 0.15) is 11.2 Å². The number of hydrogen-bond donors (Lipinski definition) is 0. The van der Waals surface area contributed by atoms with Crippen LogP contribution in [0.1, 0.15) is 9.60 Å². The van der Waals surface area contributed by atoms with Gasteiger partial charge in [-0.1, -0.05) is 176 Å². The first-order valence-electron chi connectivity index (χ1n) is 22.8. The topological polar surface area (TPSA) is 16.4 Å². The number of benzene rings is 10. The third-order valence-corrected chi connectivity index (χ3v) is 10.9. The zero-order valence-electron chi connectivity index (χ0n) is 38.2. The van der Waals surface area contributed by atoms with Gasteiger partial charge in [-0.25, -0.2) is 0 Å². The summed E-state index contributed by atoms with van der Waals surface area (Å²) in [6.45, 7) is 0. The number of furan rings is 1. The van der Waals surface area contributed by atoms with E-state index in [1.807, 2.05) is 42.5 Å². The van der Waals surface area contributed by atoms with Crippen LogP contribution < -0.4 is 4.90 Å². The van der Waals surface area contributed by atoms with Crippen molar-refractivity contribution in [2.75, 3.05) is 4.90 Å². The lowest BCUT2D eigenvalue weighted by atomic mass is 9.93. The van der Waals surface area contributed by atoms with E-state index in [4.69, 9.17) is 12.6 Å². The molecule has 0 aliphatic carbocycles. The smallest absolute Gasteiger partial charge is 0.136 e. The number of fused-ring (bicyclic) bond motifs is 6. The molecule has 0 unspecified atom stereocenters. The monoisotopic (exact) mass is 746 g/mol. The van der Waals surface area contributed by atoms with Gasteiger partial charge in [-0.2, -0.15) is 0 Å². The third-order valence-electron chi connectivity index (χ3n) is 10.9. The lowest BCUT2D eigenvalue weighted by molar-refractivity contribution is 0.669. The molecule has 0 aliphatic rings. The van der Waals surface area contributed by atoms with Crippen LogP contribution in [0.15, 0.2) is 229 Å². The molecule has 0 amide bonds. The Morgan fingerprint density at radius 2 is 1.00 bits per heavy atom. The number of hydrogen-bond acceptors (Lipinski definition) is 2. The summed E-state index contributed by atoms with van der Waals surface area (Å²) in [6.07, 6.45) is 0. The Balaban J connectivity index is 1.13. The average molecular weight is 747 g/mol. The standard InChI is InChI=1S/C56H37NO/c1-3-14-39(15-4-1)48-21-9-11-24-52(48)57(45-31-26-41(27-32-45)47-23-13-19-38-18-7-8-20-46(38)47)53-34-29-43(37-51(53)40-16-5-2-6-17-40)42-28-33-49-44(36-42)30-35-55-56(49)50-22-10-12-25-54(50)58-55/h1-37H/i10D,12D,22D,25D,30D,33D,35D. The second-order valence-corrected chi connectivity index (χ2v) is 14.3. The third kappa shape index (κ3) is 5.82. The van der Waals surface area contributed by atoms with Crippen LogP contribution in [0.2, 0.25) is 0 Å². The van der Waals surface area contributed by atoms with Crippen molar-refractivity contribution in [1.82, 2.24) is 0 Å². The fourth-order valence-corrected chi connectivity index (χ4v) is 8.21. The highest BCUT2D eigenvalue weighted by Crippen LogP contribution is 2.47. The average Bonchev–Trinajstić information content (AvgIpc) is 3.76. The Hall–Kier alpha value is -7.68. The van der Waals surface area contributed by atoms with Gasteiger partial charge in [0.05, 0.1) is 21.0 Å². The Morgan fingerprint density at radius 3 is 1.84 bits per heavy atom. The summed E-state index contributed by atoms with van der Waals surface area (Å²) in [4.78, 5) is 2.30. The van der Waals surface area contributed by atoms with Crippen LogP contribution in [-0.4, -0.2) is 0 Å². The molecular formula is C56H37NO. The summed E-state index contributed by atoms with van der Waals surface area (Å²) in [5.41, 5.74) is 10.5. The van der Waals surface area contributed by atoms with E-state index in [-0.39, 0.29) is 52.2 Å². The maximum absolute atomic E-state index is 9.43. The van der Waals surface area contributed by atoms with Crippen molar-refractivity contribution >= 4 is 60.5 Å². The summed E-state index contributed by atoms with van der Waals surface area (Å²) >= 11 is 0. The van der Waals surface area contributed by atoms with Gasteiger partial charge < -0.3 is 9.32 Å². The van der Waals surface area contributed by atoms with E-state index in [2.05, 4.69) is 132 Å². The van der Waals surface area contributed by atoms with E-state index in [9.17, 15) is 1.37 Å². The number of para-hydroxylation sites is 2. The minimum Gasteiger partial charge on any atom is -0.456 e. The van der Waals surface area contributed by atoms with Crippen molar-refractivity contribution in [1.29, 1.82) is 0 Å². The summed E-state index contributed by atoms with van der Waals surface area (Å²) in [7, 11) is 0. The van der Waals surface area contributed by atoms with E-state index in [0.717, 1.165) is 56.0 Å². The zero-order valence-corrected chi connectivity index (χ0v) is 31.2. The Bertz CT molecular complexity index is 3680. The van der Waals surface area contributed by atoms with Crippen LogP contribution in [0, 0.1) is 0 Å². The molecule has 0 radical (unpaired) electrons. The Kier molecular flexibility index (Phi) is 6.57. The van der Waals surface area contributed by atoms with Gasteiger partial charge in [-0.15, -0.1) is 0 Å². The molecular weight excluding hydrogens is 703 g/mol. The van der Waals surface area contributed by atoms with Crippen LogP contribution in [0.5, 0.6) is 0 Å². The molecule has 2 heteroatoms. The van der Waals surface area contributed by atoms with Crippen molar-refractivity contribution in [3.8, 4) is 44.5 Å². The van der Waals surface area contributed by atoms with Crippen molar-refractivity contribution in [2.24, 2.45) is 0 Å². The molecule has 0 atom stereocenters. The van der Waals surface area contributed by atoms with Gasteiger partial charge in [0, 0.05) is 27.6 Å². The van der Waals surface area contributed by atoms with Gasteiger partial charge in [0.15, 0.2) is 0 Å². The summed E-state index contributed by atoms with van der Waals surface area (Å²) in [5, 5.41) is 3.32. The van der Waals surface area contributed by atoms with Gasteiger partial charge in [-0.3, -0.25) is 0 Å². The van der Waals surface area contributed by atoms with Crippen LogP contribution in [0.3, 0.4) is 0 Å². The van der Waals surface area contributed by atoms with Crippen LogP contribution in [-0.2, 0) is 0 Å². The number of rotatable bonds is 7. The normalized spacial score (nSPS) is 13.1. The Labute approximate surface area is 347 Å². The van der Waals surface area contributed by atoms with Crippen LogP contribution >= 0.6 is 0 Å². The predicted molar refractivity (Wildman–Crippen MR) is 245 cm³/mol. The molecule has 0 aliphatic heterocycles. The minimum absolute atomic E-state index is 0.0394. The maximum atomic E-state index is 9.43. The van der Waals surface area contributed by atoms with E-state index >= 15 is 0 Å². The molecule has 0 fully saturated rings. The van der Waals surface area contributed by atoms with Crippen molar-refractivity contribution in [3.63, 3.8) is 0 Å². The molecule has 11 rings (SSSR count). The van der Waals surface area contributed by atoms with Crippen molar-refractivity contribution in [2.45, 2.75) is 0 Å². The molecule has 272 valence electrons. The van der Waals surface area contributed by atoms with Gasteiger partial charge in [0.2, 0.25) is 0 Å². The fraction of sp³-hybridized carbons (Fsp3) is 0. The van der Waals surface area contributed by atoms with E-state index in [1.54, 1.807) is 12.1 Å². The molecule has 0 spiro atoms. The van der Waals surface area contributed by atoms with Crippen LogP contribution in [0.4, 0.5) is 17.1 Å². The van der Waals surface area contributed by atoms with Crippen molar-refractivity contribution in [3.05, 3.63) is 224 Å². The summed E-state index contributed by atoms with van der Waals surface area (Å²) in [5.74, 6) is 0. The molecule has 0 N–H and O–H groups in total. The first kappa shape index (κ1) is 27.0. The van der Waals surface area contributed by atoms with E-state index in [1.165, 1.54) is 10.8 Å². The largest absolute Gasteiger partial charge is 0.456 e. The molecule has 1 heterocycles. The molecule has 0 saturated heterocycles. The Morgan fingerprint density at radius 1 is 0.362 bits per heavy atom.